The third-order valence-corrected chi connectivity index (χ3v) is 3.44. The minimum absolute atomic E-state index is 0.104. The molecule has 0 aliphatic heterocycles. The zero-order valence-electron chi connectivity index (χ0n) is 11.7. The van der Waals surface area contributed by atoms with Crippen molar-refractivity contribution in [2.45, 2.75) is 33.8 Å². The van der Waals surface area contributed by atoms with Crippen molar-refractivity contribution in [2.75, 3.05) is 37.2 Å². The smallest absolute Gasteiger partial charge is 0.197 e. The predicted molar refractivity (Wildman–Crippen MR) is 78.6 cm³/mol. The van der Waals surface area contributed by atoms with Gasteiger partial charge in [-0.25, -0.2) is 0 Å². The summed E-state index contributed by atoms with van der Waals surface area (Å²) in [5, 5.41) is 4.27. The van der Waals surface area contributed by atoms with Crippen molar-refractivity contribution in [2.24, 2.45) is 0 Å². The summed E-state index contributed by atoms with van der Waals surface area (Å²) < 4.78 is 9.80. The Hall–Kier alpha value is -1.01. The van der Waals surface area contributed by atoms with Crippen LogP contribution in [0.3, 0.4) is 0 Å². The SMILES string of the molecule is CCN(CC)CCNc1snc(N)c1OC(C)C. The number of nitrogens with two attached hydrogens (primary N) is 1. The molecule has 0 aromatic carbocycles. The van der Waals surface area contributed by atoms with Gasteiger partial charge in [0.1, 0.15) is 0 Å². The number of nitrogens with zero attached hydrogens (tertiary/aromatic N) is 2. The summed E-state index contributed by atoms with van der Waals surface area (Å²) in [4.78, 5) is 2.36. The number of aromatic nitrogens is 1. The Kier molecular flexibility index (Phi) is 6.21. The third-order valence-electron chi connectivity index (χ3n) is 2.64. The summed E-state index contributed by atoms with van der Waals surface area (Å²) in [6.07, 6.45) is 0.104. The molecule has 1 aromatic heterocycles. The van der Waals surface area contributed by atoms with Gasteiger partial charge < -0.3 is 20.7 Å². The van der Waals surface area contributed by atoms with Gasteiger partial charge in [-0.1, -0.05) is 13.8 Å². The topological polar surface area (TPSA) is 63.4 Å². The summed E-state index contributed by atoms with van der Waals surface area (Å²) in [5.74, 6) is 1.16. The summed E-state index contributed by atoms with van der Waals surface area (Å²) in [5.41, 5.74) is 5.80. The molecule has 0 amide bonds. The Morgan fingerprint density at radius 1 is 1.39 bits per heavy atom. The van der Waals surface area contributed by atoms with Gasteiger partial charge in [0.05, 0.1) is 6.10 Å². The van der Waals surface area contributed by atoms with Gasteiger partial charge in [-0.3, -0.25) is 0 Å². The predicted octanol–water partition coefficient (Wildman–Crippen LogP) is 2.27. The molecule has 0 fully saturated rings. The van der Waals surface area contributed by atoms with Gasteiger partial charge in [0.25, 0.3) is 0 Å². The van der Waals surface area contributed by atoms with Gasteiger partial charge in [-0.2, -0.15) is 4.37 Å². The number of rotatable bonds is 8. The number of anilines is 2. The first-order valence-corrected chi connectivity index (χ1v) is 7.23. The Bertz CT molecular complexity index is 350. The number of nitrogen functional groups attached to an aromatic ring is 1. The molecule has 1 aromatic rings. The van der Waals surface area contributed by atoms with Crippen LogP contribution in [-0.4, -0.2) is 41.6 Å². The van der Waals surface area contributed by atoms with Crippen molar-refractivity contribution in [3.8, 4) is 5.75 Å². The minimum Gasteiger partial charge on any atom is -0.484 e. The van der Waals surface area contributed by atoms with Gasteiger partial charge in [-0.05, 0) is 38.5 Å². The van der Waals surface area contributed by atoms with Crippen molar-refractivity contribution in [1.82, 2.24) is 9.27 Å². The van der Waals surface area contributed by atoms with Crippen LogP contribution in [0, 0.1) is 0 Å². The average Bonchev–Trinajstić information content (AvgIpc) is 2.66. The second-order valence-corrected chi connectivity index (χ2v) is 5.12. The lowest BCUT2D eigenvalue weighted by Crippen LogP contribution is -2.28. The van der Waals surface area contributed by atoms with E-state index in [1.165, 1.54) is 11.5 Å². The lowest BCUT2D eigenvalue weighted by atomic mass is 10.4. The molecule has 0 aliphatic rings. The third kappa shape index (κ3) is 4.34. The average molecular weight is 272 g/mol. The van der Waals surface area contributed by atoms with E-state index in [1.807, 2.05) is 13.8 Å². The van der Waals surface area contributed by atoms with Crippen LogP contribution in [-0.2, 0) is 0 Å². The molecule has 5 nitrogen and oxygen atoms in total. The van der Waals surface area contributed by atoms with Crippen LogP contribution in [0.5, 0.6) is 5.75 Å². The normalized spacial score (nSPS) is 11.2. The van der Waals surface area contributed by atoms with Crippen molar-refractivity contribution < 1.29 is 4.74 Å². The second kappa shape index (κ2) is 7.43. The van der Waals surface area contributed by atoms with Crippen molar-refractivity contribution in [3.63, 3.8) is 0 Å². The van der Waals surface area contributed by atoms with E-state index in [0.29, 0.717) is 11.6 Å². The maximum absolute atomic E-state index is 5.80. The molecular weight excluding hydrogens is 248 g/mol. The van der Waals surface area contributed by atoms with E-state index in [1.54, 1.807) is 0 Å². The van der Waals surface area contributed by atoms with E-state index >= 15 is 0 Å². The van der Waals surface area contributed by atoms with Gasteiger partial charge in [0.15, 0.2) is 16.6 Å². The van der Waals surface area contributed by atoms with Crippen LogP contribution < -0.4 is 15.8 Å². The zero-order chi connectivity index (χ0) is 13.5. The summed E-state index contributed by atoms with van der Waals surface area (Å²) >= 11 is 1.36. The number of likely N-dealkylation sites (N-methyl/N-ethyl adjacent to an activating group) is 1. The van der Waals surface area contributed by atoms with Crippen LogP contribution in [0.2, 0.25) is 0 Å². The van der Waals surface area contributed by atoms with Crippen LogP contribution in [0.25, 0.3) is 0 Å². The molecule has 0 atom stereocenters. The number of hydrogen-bond donors (Lipinski definition) is 2. The Morgan fingerprint density at radius 2 is 2.06 bits per heavy atom. The minimum atomic E-state index is 0.104. The van der Waals surface area contributed by atoms with Crippen LogP contribution in [0.4, 0.5) is 10.8 Å². The van der Waals surface area contributed by atoms with Gasteiger partial charge in [-0.15, -0.1) is 0 Å². The maximum atomic E-state index is 5.80. The quantitative estimate of drug-likeness (QED) is 0.760. The first kappa shape index (κ1) is 15.0. The maximum Gasteiger partial charge on any atom is 0.197 e. The highest BCUT2D eigenvalue weighted by atomic mass is 32.1. The van der Waals surface area contributed by atoms with E-state index < -0.39 is 0 Å². The molecule has 6 heteroatoms. The molecule has 0 aliphatic carbocycles. The Morgan fingerprint density at radius 3 is 2.61 bits per heavy atom. The van der Waals surface area contributed by atoms with Crippen molar-refractivity contribution >= 4 is 22.4 Å². The summed E-state index contributed by atoms with van der Waals surface area (Å²) in [7, 11) is 0. The fourth-order valence-corrected chi connectivity index (χ4v) is 2.30. The first-order chi connectivity index (χ1) is 8.58. The lowest BCUT2D eigenvalue weighted by molar-refractivity contribution is 0.245. The number of ether oxygens (including phenoxy) is 1. The highest BCUT2D eigenvalue weighted by Crippen LogP contribution is 2.35. The Labute approximate surface area is 113 Å². The number of hydrogen-bond acceptors (Lipinski definition) is 6. The monoisotopic (exact) mass is 272 g/mol. The molecule has 0 radical (unpaired) electrons. The lowest BCUT2D eigenvalue weighted by Gasteiger charge is -2.18. The molecule has 1 rings (SSSR count). The van der Waals surface area contributed by atoms with Crippen LogP contribution >= 0.6 is 11.5 Å². The van der Waals surface area contributed by atoms with Crippen LogP contribution in [0.15, 0.2) is 0 Å². The molecule has 0 saturated heterocycles. The van der Waals surface area contributed by atoms with E-state index in [0.717, 1.165) is 31.2 Å². The highest BCUT2D eigenvalue weighted by molar-refractivity contribution is 7.11. The summed E-state index contributed by atoms with van der Waals surface area (Å²) in [6, 6.07) is 0. The van der Waals surface area contributed by atoms with E-state index in [2.05, 4.69) is 28.4 Å². The first-order valence-electron chi connectivity index (χ1n) is 6.46. The molecule has 0 spiro atoms. The summed E-state index contributed by atoms with van der Waals surface area (Å²) in [6.45, 7) is 12.3. The van der Waals surface area contributed by atoms with E-state index in [4.69, 9.17) is 10.5 Å². The molecule has 18 heavy (non-hydrogen) atoms. The van der Waals surface area contributed by atoms with E-state index in [9.17, 15) is 0 Å². The van der Waals surface area contributed by atoms with Crippen molar-refractivity contribution in [1.29, 1.82) is 0 Å². The largest absolute Gasteiger partial charge is 0.484 e. The van der Waals surface area contributed by atoms with Gasteiger partial charge in [0, 0.05) is 13.1 Å². The molecule has 0 bridgehead atoms. The molecule has 0 saturated carbocycles. The molecule has 0 unspecified atom stereocenters. The van der Waals surface area contributed by atoms with Gasteiger partial charge in [0.2, 0.25) is 0 Å². The zero-order valence-corrected chi connectivity index (χ0v) is 12.5. The van der Waals surface area contributed by atoms with Crippen molar-refractivity contribution in [3.05, 3.63) is 0 Å². The molecular formula is C12H24N4OS. The van der Waals surface area contributed by atoms with E-state index in [-0.39, 0.29) is 6.10 Å². The van der Waals surface area contributed by atoms with Crippen LogP contribution in [0.1, 0.15) is 27.7 Å². The molecule has 3 N–H and O–H groups in total. The fourth-order valence-electron chi connectivity index (χ4n) is 1.62. The second-order valence-electron chi connectivity index (χ2n) is 4.35. The Balaban J connectivity index is 2.51. The van der Waals surface area contributed by atoms with Gasteiger partial charge >= 0.3 is 0 Å². The molecule has 1 heterocycles. The molecule has 104 valence electrons. The highest BCUT2D eigenvalue weighted by Gasteiger charge is 2.14. The number of nitrogens with one attached hydrogen (secondary N) is 1. The standard InChI is InChI=1S/C12H24N4OS/c1-5-16(6-2)8-7-14-12-10(17-9(3)4)11(13)15-18-12/h9,14H,5-8H2,1-4H3,(H2,13,15). The fraction of sp³-hybridized carbons (Fsp3) is 0.750.